The van der Waals surface area contributed by atoms with Crippen molar-refractivity contribution in [1.29, 1.82) is 0 Å². The first-order valence-electron chi connectivity index (χ1n) is 4.68. The van der Waals surface area contributed by atoms with Gasteiger partial charge in [-0.25, -0.2) is 4.98 Å². The van der Waals surface area contributed by atoms with E-state index in [2.05, 4.69) is 15.6 Å². The van der Waals surface area contributed by atoms with Crippen LogP contribution in [0.5, 0.6) is 0 Å². The molecule has 2 heterocycles. The number of nitrogens with zero attached hydrogens (tertiary/aromatic N) is 1. The first-order chi connectivity index (χ1) is 6.75. The number of amides is 1. The van der Waals surface area contributed by atoms with E-state index in [1.54, 1.807) is 11.3 Å². The van der Waals surface area contributed by atoms with Gasteiger partial charge >= 0.3 is 0 Å². The molecule has 76 valence electrons. The van der Waals surface area contributed by atoms with Crippen LogP contribution in [0, 0.1) is 6.92 Å². The van der Waals surface area contributed by atoms with Crippen molar-refractivity contribution in [2.45, 2.75) is 25.9 Å². The van der Waals surface area contributed by atoms with Gasteiger partial charge in [0.1, 0.15) is 5.01 Å². The summed E-state index contributed by atoms with van der Waals surface area (Å²) in [4.78, 5) is 16.8. The Morgan fingerprint density at radius 1 is 1.86 bits per heavy atom. The molecule has 0 bridgehead atoms. The Morgan fingerprint density at radius 2 is 2.64 bits per heavy atom. The maximum absolute atomic E-state index is 11.4. The third kappa shape index (κ3) is 2.10. The van der Waals surface area contributed by atoms with Gasteiger partial charge < -0.3 is 10.6 Å². The number of hydrogen-bond acceptors (Lipinski definition) is 4. The number of nitrogens with one attached hydrogen (secondary N) is 2. The van der Waals surface area contributed by atoms with Crippen LogP contribution in [0.15, 0.2) is 6.20 Å². The Balaban J connectivity index is 1.79. The van der Waals surface area contributed by atoms with Crippen LogP contribution in [0.25, 0.3) is 0 Å². The van der Waals surface area contributed by atoms with Crippen molar-refractivity contribution < 1.29 is 4.79 Å². The van der Waals surface area contributed by atoms with Crippen molar-refractivity contribution in [2.24, 2.45) is 0 Å². The Kier molecular flexibility index (Phi) is 2.79. The third-order valence-electron chi connectivity index (χ3n) is 2.22. The summed E-state index contributed by atoms with van der Waals surface area (Å²) in [5.41, 5.74) is 0. The van der Waals surface area contributed by atoms with E-state index in [1.807, 2.05) is 13.1 Å². The monoisotopic (exact) mass is 211 g/mol. The zero-order valence-electron chi connectivity index (χ0n) is 8.04. The lowest BCUT2D eigenvalue weighted by Crippen LogP contribution is -2.52. The Morgan fingerprint density at radius 3 is 3.14 bits per heavy atom. The summed E-state index contributed by atoms with van der Waals surface area (Å²) < 4.78 is 0. The fraction of sp³-hybridized carbons (Fsp3) is 0.556. The molecule has 1 atom stereocenters. The van der Waals surface area contributed by atoms with Crippen LogP contribution in [0.2, 0.25) is 0 Å². The quantitative estimate of drug-likeness (QED) is 0.762. The van der Waals surface area contributed by atoms with Crippen LogP contribution in [0.1, 0.15) is 16.3 Å². The van der Waals surface area contributed by atoms with Crippen molar-refractivity contribution in [3.63, 3.8) is 0 Å². The highest BCUT2D eigenvalue weighted by Gasteiger charge is 2.23. The molecule has 1 aromatic rings. The number of carbonyl (C=O) groups is 1. The van der Waals surface area contributed by atoms with Gasteiger partial charge in [-0.1, -0.05) is 0 Å². The number of thiazole rings is 1. The van der Waals surface area contributed by atoms with Crippen LogP contribution in [0.3, 0.4) is 0 Å². The van der Waals surface area contributed by atoms with Gasteiger partial charge in [0.05, 0.1) is 12.6 Å². The van der Waals surface area contributed by atoms with Gasteiger partial charge in [0, 0.05) is 11.1 Å². The van der Waals surface area contributed by atoms with Gasteiger partial charge in [-0.05, 0) is 19.9 Å². The Labute approximate surface area is 86.7 Å². The average Bonchev–Trinajstić information content (AvgIpc) is 2.45. The second kappa shape index (κ2) is 4.06. The van der Waals surface area contributed by atoms with Gasteiger partial charge in [0.25, 0.3) is 0 Å². The molecule has 0 spiro atoms. The molecule has 14 heavy (non-hydrogen) atoms. The molecule has 2 rings (SSSR count). The fourth-order valence-corrected chi connectivity index (χ4v) is 2.01. The maximum atomic E-state index is 11.4. The normalized spacial score (nSPS) is 20.2. The predicted molar refractivity (Wildman–Crippen MR) is 55.1 cm³/mol. The Bertz CT molecular complexity index is 333. The summed E-state index contributed by atoms with van der Waals surface area (Å²) in [7, 11) is 0. The molecule has 1 aliphatic rings. The highest BCUT2D eigenvalue weighted by Crippen LogP contribution is 2.10. The summed E-state index contributed by atoms with van der Waals surface area (Å²) in [6.07, 6.45) is 2.77. The molecule has 1 amide bonds. The Hall–Kier alpha value is -0.940. The summed E-state index contributed by atoms with van der Waals surface area (Å²) in [5.74, 6) is 0.0871. The van der Waals surface area contributed by atoms with Gasteiger partial charge in [0.15, 0.2) is 0 Å². The van der Waals surface area contributed by atoms with Crippen LogP contribution in [-0.2, 0) is 11.3 Å². The lowest BCUT2D eigenvalue weighted by molar-refractivity contribution is -0.124. The van der Waals surface area contributed by atoms with E-state index in [0.717, 1.165) is 18.0 Å². The molecule has 0 aromatic carbocycles. The molecule has 0 radical (unpaired) electrons. The zero-order valence-corrected chi connectivity index (χ0v) is 8.86. The van der Waals surface area contributed by atoms with Crippen LogP contribution in [-0.4, -0.2) is 23.5 Å². The first-order valence-corrected chi connectivity index (χ1v) is 5.50. The smallest absolute Gasteiger partial charge is 0.237 e. The molecule has 1 unspecified atom stereocenters. The topological polar surface area (TPSA) is 54.0 Å². The molecular formula is C9H13N3OS. The molecular weight excluding hydrogens is 198 g/mol. The maximum Gasteiger partial charge on any atom is 0.237 e. The van der Waals surface area contributed by atoms with E-state index in [4.69, 9.17) is 0 Å². The van der Waals surface area contributed by atoms with Gasteiger partial charge in [-0.2, -0.15) is 0 Å². The molecule has 0 aliphatic carbocycles. The fourth-order valence-electron chi connectivity index (χ4n) is 1.28. The molecule has 1 aliphatic heterocycles. The number of aryl methyl sites for hydroxylation is 1. The molecule has 0 saturated carbocycles. The number of hydrogen-bond donors (Lipinski definition) is 2. The molecule has 1 fully saturated rings. The van der Waals surface area contributed by atoms with E-state index in [-0.39, 0.29) is 11.9 Å². The van der Waals surface area contributed by atoms with Crippen molar-refractivity contribution in [2.75, 3.05) is 6.54 Å². The van der Waals surface area contributed by atoms with Crippen molar-refractivity contribution in [3.05, 3.63) is 16.1 Å². The minimum Gasteiger partial charge on any atom is -0.348 e. The van der Waals surface area contributed by atoms with Gasteiger partial charge in [-0.3, -0.25) is 4.79 Å². The van der Waals surface area contributed by atoms with Gasteiger partial charge in [-0.15, -0.1) is 11.3 Å². The number of aromatic nitrogens is 1. The average molecular weight is 211 g/mol. The van der Waals surface area contributed by atoms with Crippen LogP contribution >= 0.6 is 11.3 Å². The summed E-state index contributed by atoms with van der Waals surface area (Å²) in [5, 5.41) is 6.89. The van der Waals surface area contributed by atoms with Crippen molar-refractivity contribution in [1.82, 2.24) is 15.6 Å². The van der Waals surface area contributed by atoms with E-state index in [9.17, 15) is 4.79 Å². The van der Waals surface area contributed by atoms with Gasteiger partial charge in [0.2, 0.25) is 5.91 Å². The van der Waals surface area contributed by atoms with E-state index in [0.29, 0.717) is 6.54 Å². The zero-order chi connectivity index (χ0) is 9.97. The lowest BCUT2D eigenvalue weighted by atomic mass is 10.1. The first kappa shape index (κ1) is 9.61. The largest absolute Gasteiger partial charge is 0.348 e. The predicted octanol–water partition coefficient (Wildman–Crippen LogP) is 0.430. The molecule has 1 saturated heterocycles. The second-order valence-corrected chi connectivity index (χ2v) is 4.70. The standard InChI is InChI=1S/C9H13N3OS/c1-6-4-11-8(14-6)5-12-9(13)7-2-3-10-7/h4,7,10H,2-3,5H2,1H3,(H,12,13). The number of rotatable bonds is 3. The van der Waals surface area contributed by atoms with E-state index in [1.165, 1.54) is 4.88 Å². The summed E-state index contributed by atoms with van der Waals surface area (Å²) >= 11 is 1.62. The molecule has 5 heteroatoms. The van der Waals surface area contributed by atoms with E-state index >= 15 is 0 Å². The number of carbonyl (C=O) groups excluding carboxylic acids is 1. The molecule has 2 N–H and O–H groups in total. The summed E-state index contributed by atoms with van der Waals surface area (Å²) in [6, 6.07) is 0.0241. The van der Waals surface area contributed by atoms with Crippen molar-refractivity contribution >= 4 is 17.2 Å². The highest BCUT2D eigenvalue weighted by atomic mass is 32.1. The third-order valence-corrected chi connectivity index (χ3v) is 3.14. The van der Waals surface area contributed by atoms with Crippen LogP contribution < -0.4 is 10.6 Å². The van der Waals surface area contributed by atoms with Crippen LogP contribution in [0.4, 0.5) is 0 Å². The molecule has 1 aromatic heterocycles. The SMILES string of the molecule is Cc1cnc(CNC(=O)C2CCN2)s1. The highest BCUT2D eigenvalue weighted by molar-refractivity contribution is 7.11. The van der Waals surface area contributed by atoms with Crippen molar-refractivity contribution in [3.8, 4) is 0 Å². The lowest BCUT2D eigenvalue weighted by Gasteiger charge is -2.25. The summed E-state index contributed by atoms with van der Waals surface area (Å²) in [6.45, 7) is 3.51. The molecule has 4 nitrogen and oxygen atoms in total. The minimum atomic E-state index is 0.0241. The second-order valence-electron chi connectivity index (χ2n) is 3.38. The van der Waals surface area contributed by atoms with E-state index < -0.39 is 0 Å². The minimum absolute atomic E-state index is 0.0241.